The van der Waals surface area contributed by atoms with Crippen LogP contribution in [0, 0.1) is 6.92 Å². The smallest absolute Gasteiger partial charge is 0.241 e. The summed E-state index contributed by atoms with van der Waals surface area (Å²) in [6.45, 7) is 5.79. The molecule has 0 spiro atoms. The van der Waals surface area contributed by atoms with Crippen molar-refractivity contribution in [3.05, 3.63) is 10.6 Å². The summed E-state index contributed by atoms with van der Waals surface area (Å²) in [5, 5.41) is 3.96. The molecular weight excluding hydrogens is 290 g/mol. The van der Waals surface area contributed by atoms with Crippen LogP contribution in [-0.4, -0.2) is 75.9 Å². The van der Waals surface area contributed by atoms with Crippen LogP contribution in [0.4, 0.5) is 0 Å². The molecule has 0 aliphatic carbocycles. The lowest BCUT2D eigenvalue weighted by atomic mass is 10.1. The van der Waals surface area contributed by atoms with Crippen molar-refractivity contribution in [2.45, 2.75) is 26.4 Å². The predicted octanol–water partition coefficient (Wildman–Crippen LogP) is -0.0326. The summed E-state index contributed by atoms with van der Waals surface area (Å²) in [5.74, 6) is 0.0438. The Balaban J connectivity index is 2.03. The highest BCUT2D eigenvalue weighted by molar-refractivity contribution is 7.05. The molecule has 1 aromatic heterocycles. The molecule has 2 amide bonds. The molecule has 21 heavy (non-hydrogen) atoms. The van der Waals surface area contributed by atoms with Gasteiger partial charge in [0.25, 0.3) is 0 Å². The third-order valence-corrected chi connectivity index (χ3v) is 4.69. The molecule has 8 heteroatoms. The van der Waals surface area contributed by atoms with Gasteiger partial charge in [-0.15, -0.1) is 5.10 Å². The van der Waals surface area contributed by atoms with Crippen molar-refractivity contribution < 1.29 is 9.59 Å². The number of carbonyl (C=O) groups is 2. The second kappa shape index (κ2) is 6.48. The Labute approximate surface area is 128 Å². The van der Waals surface area contributed by atoms with Crippen LogP contribution in [0.25, 0.3) is 0 Å². The second-order valence-electron chi connectivity index (χ2n) is 5.44. The predicted molar refractivity (Wildman–Crippen MR) is 79.8 cm³/mol. The Kier molecular flexibility index (Phi) is 4.89. The normalized spacial score (nSPS) is 19.6. The lowest BCUT2D eigenvalue weighted by Gasteiger charge is -2.39. The first kappa shape index (κ1) is 15.8. The minimum Gasteiger partial charge on any atom is -0.340 e. The van der Waals surface area contributed by atoms with Gasteiger partial charge >= 0.3 is 0 Å². The van der Waals surface area contributed by atoms with E-state index in [0.29, 0.717) is 26.2 Å². The van der Waals surface area contributed by atoms with E-state index >= 15 is 0 Å². The monoisotopic (exact) mass is 311 g/mol. The number of hydrogen-bond donors (Lipinski definition) is 0. The highest BCUT2D eigenvalue weighted by Gasteiger charge is 2.33. The number of piperazine rings is 1. The van der Waals surface area contributed by atoms with E-state index in [9.17, 15) is 9.59 Å². The van der Waals surface area contributed by atoms with E-state index in [4.69, 9.17) is 0 Å². The van der Waals surface area contributed by atoms with E-state index in [2.05, 4.69) is 9.59 Å². The average molecular weight is 311 g/mol. The Morgan fingerprint density at radius 3 is 2.71 bits per heavy atom. The largest absolute Gasteiger partial charge is 0.340 e. The van der Waals surface area contributed by atoms with E-state index < -0.39 is 0 Å². The van der Waals surface area contributed by atoms with Crippen LogP contribution < -0.4 is 0 Å². The van der Waals surface area contributed by atoms with Gasteiger partial charge < -0.3 is 9.80 Å². The van der Waals surface area contributed by atoms with Gasteiger partial charge in [-0.1, -0.05) is 4.49 Å². The zero-order valence-electron chi connectivity index (χ0n) is 12.9. The van der Waals surface area contributed by atoms with Gasteiger partial charge in [-0.25, -0.2) is 0 Å². The van der Waals surface area contributed by atoms with Gasteiger partial charge in [-0.05, 0) is 25.5 Å². The highest BCUT2D eigenvalue weighted by Crippen LogP contribution is 2.15. The van der Waals surface area contributed by atoms with Gasteiger partial charge in [-0.2, -0.15) is 0 Å². The summed E-state index contributed by atoms with van der Waals surface area (Å²) < 4.78 is 3.89. The maximum absolute atomic E-state index is 12.6. The zero-order chi connectivity index (χ0) is 15.6. The molecule has 1 aromatic rings. The molecule has 1 aliphatic rings. The first-order valence-electron chi connectivity index (χ1n) is 6.88. The maximum atomic E-state index is 12.6. The molecule has 7 nitrogen and oxygen atoms in total. The quantitative estimate of drug-likeness (QED) is 0.784. The first-order chi connectivity index (χ1) is 9.90. The van der Waals surface area contributed by atoms with Crippen LogP contribution in [0.5, 0.6) is 0 Å². The van der Waals surface area contributed by atoms with Crippen LogP contribution in [0.3, 0.4) is 0 Å². The van der Waals surface area contributed by atoms with Gasteiger partial charge in [-0.3, -0.25) is 14.5 Å². The fourth-order valence-electron chi connectivity index (χ4n) is 2.37. The Morgan fingerprint density at radius 2 is 2.14 bits per heavy atom. The van der Waals surface area contributed by atoms with Gasteiger partial charge in [0.1, 0.15) is 6.04 Å². The molecule has 116 valence electrons. The van der Waals surface area contributed by atoms with Crippen LogP contribution in [0.1, 0.15) is 17.5 Å². The minimum atomic E-state index is -0.283. The molecule has 1 fully saturated rings. The van der Waals surface area contributed by atoms with Crippen molar-refractivity contribution in [2.24, 2.45) is 0 Å². The van der Waals surface area contributed by atoms with Crippen LogP contribution in [0.2, 0.25) is 0 Å². The van der Waals surface area contributed by atoms with Crippen LogP contribution in [0.15, 0.2) is 0 Å². The first-order valence-corrected chi connectivity index (χ1v) is 7.66. The van der Waals surface area contributed by atoms with E-state index in [1.54, 1.807) is 23.8 Å². The van der Waals surface area contributed by atoms with Gasteiger partial charge in [0.15, 0.2) is 0 Å². The lowest BCUT2D eigenvalue weighted by Crippen LogP contribution is -2.58. The zero-order valence-corrected chi connectivity index (χ0v) is 13.7. The van der Waals surface area contributed by atoms with E-state index in [0.717, 1.165) is 10.6 Å². The van der Waals surface area contributed by atoms with E-state index in [1.165, 1.54) is 11.5 Å². The SMILES string of the molecule is CC(=O)N1CCN(C)C(C(=O)N(C)Cc2snnc2C)C1. The summed E-state index contributed by atoms with van der Waals surface area (Å²) in [6.07, 6.45) is 0. The fourth-order valence-corrected chi connectivity index (χ4v) is 3.06. The Morgan fingerprint density at radius 1 is 1.43 bits per heavy atom. The maximum Gasteiger partial charge on any atom is 0.241 e. The average Bonchev–Trinajstić information content (AvgIpc) is 2.83. The number of likely N-dealkylation sites (N-methyl/N-ethyl adjacent to an activating group) is 2. The van der Waals surface area contributed by atoms with Crippen molar-refractivity contribution in [1.82, 2.24) is 24.3 Å². The summed E-state index contributed by atoms with van der Waals surface area (Å²) >= 11 is 1.32. The van der Waals surface area contributed by atoms with Crippen molar-refractivity contribution in [2.75, 3.05) is 33.7 Å². The molecular formula is C13H21N5O2S. The third-order valence-electron chi connectivity index (χ3n) is 3.88. The molecule has 2 rings (SSSR count). The van der Waals surface area contributed by atoms with Crippen molar-refractivity contribution in [3.63, 3.8) is 0 Å². The highest BCUT2D eigenvalue weighted by atomic mass is 32.1. The van der Waals surface area contributed by atoms with Gasteiger partial charge in [0.05, 0.1) is 17.1 Å². The number of rotatable bonds is 3. The van der Waals surface area contributed by atoms with Crippen LogP contribution in [-0.2, 0) is 16.1 Å². The number of aryl methyl sites for hydroxylation is 1. The number of aromatic nitrogens is 2. The number of hydrogen-bond acceptors (Lipinski definition) is 6. The minimum absolute atomic E-state index is 0.0195. The second-order valence-corrected chi connectivity index (χ2v) is 6.28. The topological polar surface area (TPSA) is 69.6 Å². The number of amides is 2. The molecule has 1 aliphatic heterocycles. The molecule has 1 atom stereocenters. The molecule has 1 unspecified atom stereocenters. The Hall–Kier alpha value is -1.54. The standard InChI is InChI=1S/C13H21N5O2S/c1-9-12(21-15-14-9)8-17(4)13(20)11-7-18(10(2)19)6-5-16(11)3/h11H,5-8H2,1-4H3. The molecule has 0 bridgehead atoms. The summed E-state index contributed by atoms with van der Waals surface area (Å²) in [6, 6.07) is -0.283. The molecule has 0 N–H and O–H groups in total. The molecule has 0 radical (unpaired) electrons. The van der Waals surface area contributed by atoms with Crippen molar-refractivity contribution in [3.8, 4) is 0 Å². The van der Waals surface area contributed by atoms with Crippen molar-refractivity contribution >= 4 is 23.3 Å². The molecule has 2 heterocycles. The third kappa shape index (κ3) is 3.56. The molecule has 0 saturated carbocycles. The fraction of sp³-hybridized carbons (Fsp3) is 0.692. The molecule has 0 aromatic carbocycles. The summed E-state index contributed by atoms with van der Waals surface area (Å²) in [5.41, 5.74) is 0.863. The Bertz CT molecular complexity index is 532. The van der Waals surface area contributed by atoms with Gasteiger partial charge in [0.2, 0.25) is 11.8 Å². The van der Waals surface area contributed by atoms with Crippen LogP contribution >= 0.6 is 11.5 Å². The van der Waals surface area contributed by atoms with E-state index in [-0.39, 0.29) is 17.9 Å². The van der Waals surface area contributed by atoms with E-state index in [1.807, 2.05) is 18.9 Å². The number of nitrogens with zero attached hydrogens (tertiary/aromatic N) is 5. The summed E-state index contributed by atoms with van der Waals surface area (Å²) in [4.78, 5) is 30.6. The summed E-state index contributed by atoms with van der Waals surface area (Å²) in [7, 11) is 3.70. The van der Waals surface area contributed by atoms with Gasteiger partial charge in [0, 0.05) is 33.6 Å². The van der Waals surface area contributed by atoms with Crippen molar-refractivity contribution in [1.29, 1.82) is 0 Å². The number of carbonyl (C=O) groups excluding carboxylic acids is 2. The lowest BCUT2D eigenvalue weighted by molar-refractivity contribution is -0.141. The molecule has 1 saturated heterocycles.